The van der Waals surface area contributed by atoms with E-state index in [1.54, 1.807) is 0 Å². The molecule has 0 aromatic carbocycles. The van der Waals surface area contributed by atoms with Crippen LogP contribution in [0.2, 0.25) is 24.7 Å². The Bertz CT molecular complexity index is 309. The van der Waals surface area contributed by atoms with Gasteiger partial charge in [-0.1, -0.05) is 44.6 Å². The van der Waals surface area contributed by atoms with Crippen LogP contribution < -0.4 is 0 Å². The normalized spacial score (nSPS) is 18.6. The van der Waals surface area contributed by atoms with Crippen molar-refractivity contribution < 1.29 is 9.53 Å². The van der Waals surface area contributed by atoms with E-state index in [1.807, 2.05) is 6.92 Å². The van der Waals surface area contributed by atoms with Crippen LogP contribution in [0.3, 0.4) is 0 Å². The highest BCUT2D eigenvalue weighted by Crippen LogP contribution is 2.68. The van der Waals surface area contributed by atoms with Crippen LogP contribution in [0.25, 0.3) is 0 Å². The van der Waals surface area contributed by atoms with Gasteiger partial charge < -0.3 is 4.74 Å². The average molecular weight is 240 g/mol. The maximum atomic E-state index is 12.3. The Hall–Kier alpha value is -0.573. The fourth-order valence-corrected chi connectivity index (χ4v) is 6.13. The van der Waals surface area contributed by atoms with Gasteiger partial charge in [-0.2, -0.15) is 0 Å². The first-order valence-corrected chi connectivity index (χ1v) is 9.78. The number of ether oxygens (including phenoxy) is 1. The summed E-state index contributed by atoms with van der Waals surface area (Å²) in [6, 6.07) is 0. The fourth-order valence-electron chi connectivity index (χ4n) is 3.04. The van der Waals surface area contributed by atoms with Gasteiger partial charge in [-0.05, 0) is 19.8 Å². The van der Waals surface area contributed by atoms with Crippen LogP contribution in [0.4, 0.5) is 0 Å². The number of hydrogen-bond donors (Lipinski definition) is 0. The zero-order valence-corrected chi connectivity index (χ0v) is 12.4. The maximum absolute atomic E-state index is 12.3. The van der Waals surface area contributed by atoms with Crippen molar-refractivity contribution in [2.45, 2.75) is 58.3 Å². The van der Waals surface area contributed by atoms with Crippen molar-refractivity contribution in [1.29, 1.82) is 0 Å². The van der Waals surface area contributed by atoms with Gasteiger partial charge in [0.2, 0.25) is 0 Å². The highest BCUT2D eigenvalue weighted by Gasteiger charge is 2.65. The van der Waals surface area contributed by atoms with E-state index in [4.69, 9.17) is 4.74 Å². The minimum absolute atomic E-state index is 0.0165. The molecule has 0 amide bonds. The third kappa shape index (κ3) is 1.65. The van der Waals surface area contributed by atoms with Crippen LogP contribution in [0.5, 0.6) is 0 Å². The molecule has 0 unspecified atom stereocenters. The first-order chi connectivity index (χ1) is 7.37. The van der Waals surface area contributed by atoms with Gasteiger partial charge in [0, 0.05) is 0 Å². The highest BCUT2D eigenvalue weighted by atomic mass is 28.3. The molecule has 2 nitrogen and oxygen atoms in total. The van der Waals surface area contributed by atoms with Gasteiger partial charge in [0.25, 0.3) is 0 Å². The Kier molecular flexibility index (Phi) is 3.68. The van der Waals surface area contributed by atoms with Crippen molar-refractivity contribution in [3.63, 3.8) is 0 Å². The predicted molar refractivity (Wildman–Crippen MR) is 70.3 cm³/mol. The molecule has 0 radical (unpaired) electrons. The number of carbonyl (C=O) groups is 1. The second-order valence-electron chi connectivity index (χ2n) is 5.38. The molecule has 0 saturated carbocycles. The summed E-state index contributed by atoms with van der Waals surface area (Å²) >= 11 is 0. The molecule has 0 spiro atoms. The van der Waals surface area contributed by atoms with Gasteiger partial charge in [-0.25, -0.2) is 0 Å². The molecule has 0 heterocycles. The van der Waals surface area contributed by atoms with E-state index in [2.05, 4.69) is 33.5 Å². The van der Waals surface area contributed by atoms with Gasteiger partial charge in [0.05, 0.1) is 14.7 Å². The first kappa shape index (κ1) is 13.5. The number of carbonyl (C=O) groups excluding carboxylic acids is 1. The number of esters is 1. The van der Waals surface area contributed by atoms with Crippen LogP contribution in [0, 0.1) is 0 Å². The summed E-state index contributed by atoms with van der Waals surface area (Å²) < 4.78 is 5.31. The molecule has 0 atom stereocenters. The van der Waals surface area contributed by atoms with Gasteiger partial charge in [0.15, 0.2) is 0 Å². The summed E-state index contributed by atoms with van der Waals surface area (Å²) in [4.78, 5) is 12.3. The van der Waals surface area contributed by atoms with Crippen LogP contribution in [-0.2, 0) is 9.53 Å². The molecule has 0 fully saturated rings. The van der Waals surface area contributed by atoms with Crippen molar-refractivity contribution in [1.82, 2.24) is 0 Å². The molecule has 0 bridgehead atoms. The van der Waals surface area contributed by atoms with E-state index >= 15 is 0 Å². The third-order valence-corrected chi connectivity index (χ3v) is 6.68. The second kappa shape index (κ2) is 4.36. The van der Waals surface area contributed by atoms with Crippen molar-refractivity contribution in [3.8, 4) is 0 Å². The quantitative estimate of drug-likeness (QED) is 0.415. The molecule has 0 aromatic heterocycles. The van der Waals surface area contributed by atoms with Crippen LogP contribution in [-0.4, -0.2) is 20.7 Å². The van der Waals surface area contributed by atoms with E-state index in [1.165, 1.54) is 11.1 Å². The summed E-state index contributed by atoms with van der Waals surface area (Å²) in [6.45, 7) is 13.5. The van der Waals surface area contributed by atoms with E-state index in [-0.39, 0.29) is 11.0 Å². The van der Waals surface area contributed by atoms with E-state index in [0.717, 1.165) is 12.8 Å². The zero-order valence-electron chi connectivity index (χ0n) is 11.4. The van der Waals surface area contributed by atoms with Gasteiger partial charge in [0.1, 0.15) is 5.04 Å². The first-order valence-electron chi connectivity index (χ1n) is 6.28. The lowest BCUT2D eigenvalue weighted by Crippen LogP contribution is -2.40. The largest absolute Gasteiger partial charge is 0.465 e. The summed E-state index contributed by atoms with van der Waals surface area (Å²) in [5.41, 5.74) is 2.74. The highest BCUT2D eigenvalue weighted by molar-refractivity contribution is 6.85. The van der Waals surface area contributed by atoms with Crippen molar-refractivity contribution >= 4 is 14.0 Å². The van der Waals surface area contributed by atoms with Crippen LogP contribution >= 0.6 is 0 Å². The lowest BCUT2D eigenvalue weighted by Gasteiger charge is -2.30. The Balaban J connectivity index is 3.06. The van der Waals surface area contributed by atoms with Gasteiger partial charge in [-0.3, -0.25) is 4.79 Å². The topological polar surface area (TPSA) is 26.3 Å². The number of hydrogen-bond acceptors (Lipinski definition) is 2. The smallest absolute Gasteiger partial charge is 0.317 e. The molecular formula is C13H24O2Si. The van der Waals surface area contributed by atoms with Crippen molar-refractivity contribution in [3.05, 3.63) is 11.1 Å². The van der Waals surface area contributed by atoms with E-state index < -0.39 is 8.07 Å². The lowest BCUT2D eigenvalue weighted by atomic mass is 10.2. The Morgan fingerprint density at radius 2 is 1.56 bits per heavy atom. The summed E-state index contributed by atoms with van der Waals surface area (Å²) in [5.74, 6) is 0.0165. The summed E-state index contributed by atoms with van der Waals surface area (Å²) in [7, 11) is -1.59. The SMILES string of the molecule is CCOC(=O)C1([Si](C)(C)C)C(CC)=C1CC. The van der Waals surface area contributed by atoms with Crippen LogP contribution in [0.15, 0.2) is 11.1 Å². The summed E-state index contributed by atoms with van der Waals surface area (Å²) in [5, 5.41) is -0.257. The van der Waals surface area contributed by atoms with E-state index in [0.29, 0.717) is 6.61 Å². The number of rotatable bonds is 5. The lowest BCUT2D eigenvalue weighted by molar-refractivity contribution is -0.143. The third-order valence-electron chi connectivity index (χ3n) is 3.62. The standard InChI is InChI=1S/C13H24O2Si/c1-7-10-11(8-2)13(10,16(4,5)6)12(14)15-9-3/h7-9H2,1-6H3. The summed E-state index contributed by atoms with van der Waals surface area (Å²) in [6.07, 6.45) is 1.98. The maximum Gasteiger partial charge on any atom is 0.317 e. The molecule has 16 heavy (non-hydrogen) atoms. The van der Waals surface area contributed by atoms with E-state index in [9.17, 15) is 4.79 Å². The minimum atomic E-state index is -1.59. The molecule has 0 saturated heterocycles. The fraction of sp³-hybridized carbons (Fsp3) is 0.769. The van der Waals surface area contributed by atoms with Crippen molar-refractivity contribution in [2.75, 3.05) is 6.61 Å². The molecule has 0 N–H and O–H groups in total. The molecule has 1 aliphatic rings. The van der Waals surface area contributed by atoms with Gasteiger partial charge >= 0.3 is 5.97 Å². The predicted octanol–water partition coefficient (Wildman–Crippen LogP) is 3.76. The molecule has 3 heteroatoms. The zero-order chi connectivity index (χ0) is 12.6. The van der Waals surface area contributed by atoms with Crippen molar-refractivity contribution in [2.24, 2.45) is 0 Å². The molecule has 0 aromatic rings. The second-order valence-corrected chi connectivity index (χ2v) is 10.6. The molecular weight excluding hydrogens is 216 g/mol. The minimum Gasteiger partial charge on any atom is -0.465 e. The Morgan fingerprint density at radius 1 is 1.12 bits per heavy atom. The average Bonchev–Trinajstić information content (AvgIpc) is 2.86. The molecule has 0 aliphatic heterocycles. The van der Waals surface area contributed by atoms with Crippen LogP contribution in [0.1, 0.15) is 33.6 Å². The van der Waals surface area contributed by atoms with Gasteiger partial charge in [-0.15, -0.1) is 0 Å². The molecule has 92 valence electrons. The Morgan fingerprint density at radius 3 is 1.81 bits per heavy atom. The Labute approximate surface area is 100 Å². The molecule has 1 aliphatic carbocycles. The monoisotopic (exact) mass is 240 g/mol. The molecule has 1 rings (SSSR count).